The Labute approximate surface area is 111 Å². The summed E-state index contributed by atoms with van der Waals surface area (Å²) in [5, 5.41) is 9.62. The lowest BCUT2D eigenvalue weighted by molar-refractivity contribution is 0.0889. The van der Waals surface area contributed by atoms with E-state index in [4.69, 9.17) is 23.2 Å². The van der Waals surface area contributed by atoms with Crippen LogP contribution in [0.2, 0.25) is 10.0 Å². The second kappa shape index (κ2) is 5.28. The van der Waals surface area contributed by atoms with Gasteiger partial charge in [0.2, 0.25) is 0 Å². The van der Waals surface area contributed by atoms with E-state index >= 15 is 0 Å². The van der Waals surface area contributed by atoms with Crippen molar-refractivity contribution in [1.29, 1.82) is 0 Å². The number of halogens is 2. The highest BCUT2D eigenvalue weighted by atomic mass is 35.5. The van der Waals surface area contributed by atoms with Crippen molar-refractivity contribution in [3.05, 3.63) is 27.7 Å². The summed E-state index contributed by atoms with van der Waals surface area (Å²) in [6, 6.07) is 2.98. The van der Waals surface area contributed by atoms with Gasteiger partial charge in [0.25, 0.3) is 0 Å². The van der Waals surface area contributed by atoms with Crippen molar-refractivity contribution in [3.8, 4) is 5.75 Å². The average molecular weight is 273 g/mol. The molecule has 2 rings (SSSR count). The predicted octanol–water partition coefficient (Wildman–Crippen LogP) is 4.46. The lowest BCUT2D eigenvalue weighted by atomic mass is 9.84. The van der Waals surface area contributed by atoms with Gasteiger partial charge in [0.1, 0.15) is 10.8 Å². The van der Waals surface area contributed by atoms with Gasteiger partial charge in [0.05, 0.1) is 5.02 Å². The van der Waals surface area contributed by atoms with Gasteiger partial charge in [-0.2, -0.15) is 0 Å². The first-order valence-corrected chi connectivity index (χ1v) is 6.58. The van der Waals surface area contributed by atoms with Crippen LogP contribution in [0.25, 0.3) is 0 Å². The number of hydrogen-bond acceptors (Lipinski definition) is 2. The fourth-order valence-corrected chi connectivity index (χ4v) is 2.73. The molecule has 1 aromatic rings. The Balaban J connectivity index is 2.27. The number of phenols is 1. The third-order valence-corrected chi connectivity index (χ3v) is 4.18. The van der Waals surface area contributed by atoms with E-state index in [2.05, 4.69) is 0 Å². The number of benzene rings is 1. The smallest absolute Gasteiger partial charge is 0.167 e. The number of rotatable bonds is 2. The van der Waals surface area contributed by atoms with Crippen LogP contribution in [0.3, 0.4) is 0 Å². The van der Waals surface area contributed by atoms with Crippen LogP contribution in [0, 0.1) is 5.92 Å². The van der Waals surface area contributed by atoms with Gasteiger partial charge in [0.15, 0.2) is 5.78 Å². The largest absolute Gasteiger partial charge is 0.506 e. The Morgan fingerprint density at radius 3 is 2.41 bits per heavy atom. The monoisotopic (exact) mass is 272 g/mol. The topological polar surface area (TPSA) is 37.3 Å². The van der Waals surface area contributed by atoms with Crippen LogP contribution in [0.4, 0.5) is 0 Å². The molecule has 0 atom stereocenters. The number of ketones is 1. The molecule has 0 aromatic heterocycles. The second-order valence-electron chi connectivity index (χ2n) is 4.46. The molecule has 17 heavy (non-hydrogen) atoms. The van der Waals surface area contributed by atoms with Crippen molar-refractivity contribution in [3.63, 3.8) is 0 Å². The SMILES string of the molecule is O=C(c1ccc(O)c(Cl)c1Cl)C1CCCCC1. The van der Waals surface area contributed by atoms with Crippen molar-refractivity contribution in [2.45, 2.75) is 32.1 Å². The van der Waals surface area contributed by atoms with Crippen molar-refractivity contribution in [1.82, 2.24) is 0 Å². The number of aromatic hydroxyl groups is 1. The normalized spacial score (nSPS) is 17.1. The number of carbonyl (C=O) groups excluding carboxylic acids is 1. The van der Waals surface area contributed by atoms with E-state index in [0.717, 1.165) is 25.7 Å². The van der Waals surface area contributed by atoms with Gasteiger partial charge in [-0.25, -0.2) is 0 Å². The van der Waals surface area contributed by atoms with Crippen LogP contribution in [-0.2, 0) is 0 Å². The highest BCUT2D eigenvalue weighted by Crippen LogP contribution is 2.36. The lowest BCUT2D eigenvalue weighted by Crippen LogP contribution is -2.18. The predicted molar refractivity (Wildman–Crippen MR) is 69.0 cm³/mol. The van der Waals surface area contributed by atoms with Crippen LogP contribution in [0.5, 0.6) is 5.75 Å². The van der Waals surface area contributed by atoms with Gasteiger partial charge < -0.3 is 5.11 Å². The maximum Gasteiger partial charge on any atom is 0.167 e. The molecule has 1 aliphatic carbocycles. The molecule has 0 spiro atoms. The van der Waals surface area contributed by atoms with Gasteiger partial charge in [-0.15, -0.1) is 0 Å². The molecular weight excluding hydrogens is 259 g/mol. The van der Waals surface area contributed by atoms with E-state index < -0.39 is 0 Å². The van der Waals surface area contributed by atoms with Crippen molar-refractivity contribution in [2.75, 3.05) is 0 Å². The lowest BCUT2D eigenvalue weighted by Gasteiger charge is -2.21. The molecule has 0 amide bonds. The van der Waals surface area contributed by atoms with E-state index in [9.17, 15) is 9.90 Å². The standard InChI is InChI=1S/C13H14Cl2O2/c14-11-9(6-7-10(16)12(11)15)13(17)8-4-2-1-3-5-8/h6-8,16H,1-5H2. The zero-order valence-electron chi connectivity index (χ0n) is 9.38. The molecule has 1 aromatic carbocycles. The van der Waals surface area contributed by atoms with E-state index in [1.807, 2.05) is 0 Å². The molecule has 1 saturated carbocycles. The minimum atomic E-state index is -0.0862. The summed E-state index contributed by atoms with van der Waals surface area (Å²) >= 11 is 11.8. The number of Topliss-reactive ketones (excluding diaryl/α,β-unsaturated/α-hetero) is 1. The molecule has 0 heterocycles. The molecule has 0 aliphatic heterocycles. The van der Waals surface area contributed by atoms with Gasteiger partial charge in [0, 0.05) is 11.5 Å². The average Bonchev–Trinajstić information content (AvgIpc) is 2.36. The summed E-state index contributed by atoms with van der Waals surface area (Å²) in [7, 11) is 0. The molecule has 1 N–H and O–H groups in total. The number of hydrogen-bond donors (Lipinski definition) is 1. The summed E-state index contributed by atoms with van der Waals surface area (Å²) in [4.78, 5) is 12.3. The van der Waals surface area contributed by atoms with Gasteiger partial charge >= 0.3 is 0 Å². The van der Waals surface area contributed by atoms with E-state index in [1.165, 1.54) is 12.5 Å². The van der Waals surface area contributed by atoms with Crippen LogP contribution < -0.4 is 0 Å². The van der Waals surface area contributed by atoms with E-state index in [0.29, 0.717) is 5.56 Å². The molecule has 4 heteroatoms. The Bertz CT molecular complexity index is 437. The van der Waals surface area contributed by atoms with Crippen LogP contribution in [-0.4, -0.2) is 10.9 Å². The number of phenolic OH excluding ortho intramolecular Hbond substituents is 1. The quantitative estimate of drug-likeness (QED) is 0.807. The summed E-state index contributed by atoms with van der Waals surface area (Å²) in [6.45, 7) is 0. The molecule has 2 nitrogen and oxygen atoms in total. The summed E-state index contributed by atoms with van der Waals surface area (Å²) in [5.41, 5.74) is 0.432. The molecule has 1 fully saturated rings. The van der Waals surface area contributed by atoms with E-state index in [1.54, 1.807) is 6.07 Å². The molecule has 0 radical (unpaired) electrons. The number of carbonyl (C=O) groups is 1. The first kappa shape index (κ1) is 12.7. The van der Waals surface area contributed by atoms with Crippen molar-refractivity contribution >= 4 is 29.0 Å². The van der Waals surface area contributed by atoms with Gasteiger partial charge in [-0.3, -0.25) is 4.79 Å². The van der Waals surface area contributed by atoms with Gasteiger partial charge in [-0.05, 0) is 25.0 Å². The third-order valence-electron chi connectivity index (χ3n) is 3.30. The van der Waals surface area contributed by atoms with E-state index in [-0.39, 0.29) is 27.5 Å². The fraction of sp³-hybridized carbons (Fsp3) is 0.462. The second-order valence-corrected chi connectivity index (χ2v) is 5.22. The maximum atomic E-state index is 12.3. The van der Waals surface area contributed by atoms with Crippen LogP contribution in [0.1, 0.15) is 42.5 Å². The van der Waals surface area contributed by atoms with Crippen LogP contribution >= 0.6 is 23.2 Å². The molecular formula is C13H14Cl2O2. The molecule has 0 unspecified atom stereocenters. The zero-order chi connectivity index (χ0) is 12.4. The Morgan fingerprint density at radius 2 is 1.76 bits per heavy atom. The fourth-order valence-electron chi connectivity index (χ4n) is 2.31. The first-order valence-electron chi connectivity index (χ1n) is 5.82. The van der Waals surface area contributed by atoms with Gasteiger partial charge in [-0.1, -0.05) is 42.5 Å². The minimum Gasteiger partial charge on any atom is -0.506 e. The summed E-state index contributed by atoms with van der Waals surface area (Å²) < 4.78 is 0. The molecule has 1 aliphatic rings. The first-order chi connectivity index (χ1) is 8.11. The van der Waals surface area contributed by atoms with Crippen molar-refractivity contribution in [2.24, 2.45) is 5.92 Å². The highest BCUT2D eigenvalue weighted by molar-refractivity contribution is 6.44. The Kier molecular flexibility index (Phi) is 3.95. The van der Waals surface area contributed by atoms with Crippen molar-refractivity contribution < 1.29 is 9.90 Å². The minimum absolute atomic E-state index is 0.0524. The zero-order valence-corrected chi connectivity index (χ0v) is 10.9. The molecule has 0 bridgehead atoms. The van der Waals surface area contributed by atoms with Crippen LogP contribution in [0.15, 0.2) is 12.1 Å². The summed E-state index contributed by atoms with van der Waals surface area (Å²) in [5.74, 6) is 0.0234. The Morgan fingerprint density at radius 1 is 1.12 bits per heavy atom. The highest BCUT2D eigenvalue weighted by Gasteiger charge is 2.25. The summed E-state index contributed by atoms with van der Waals surface area (Å²) in [6.07, 6.45) is 5.24. The molecule has 92 valence electrons. The Hall–Kier alpha value is -0.730. The maximum absolute atomic E-state index is 12.3. The molecule has 0 saturated heterocycles. The third kappa shape index (κ3) is 2.58.